The molecular formula is C26H44O2. The molecule has 3 aliphatic rings. The lowest BCUT2D eigenvalue weighted by Gasteiger charge is -2.44. The molecule has 160 valence electrons. The van der Waals surface area contributed by atoms with Crippen LogP contribution in [-0.4, -0.2) is 21.9 Å². The molecule has 0 amide bonds. The van der Waals surface area contributed by atoms with Crippen LogP contribution in [0, 0.1) is 23.2 Å². The first-order valence-corrected chi connectivity index (χ1v) is 12.0. The summed E-state index contributed by atoms with van der Waals surface area (Å²) in [6, 6.07) is 0. The number of hydrogen-bond donors (Lipinski definition) is 2. The van der Waals surface area contributed by atoms with E-state index < -0.39 is 5.60 Å². The van der Waals surface area contributed by atoms with Crippen LogP contribution in [0.5, 0.6) is 0 Å². The molecule has 0 aliphatic heterocycles. The van der Waals surface area contributed by atoms with E-state index in [1.165, 1.54) is 50.5 Å². The van der Waals surface area contributed by atoms with E-state index in [0.717, 1.165) is 49.9 Å². The van der Waals surface area contributed by atoms with Gasteiger partial charge in [-0.2, -0.15) is 0 Å². The average molecular weight is 389 g/mol. The molecule has 0 saturated heterocycles. The van der Waals surface area contributed by atoms with E-state index in [4.69, 9.17) is 0 Å². The molecular weight excluding hydrogens is 344 g/mol. The number of hydrogen-bond acceptors (Lipinski definition) is 2. The second-order valence-electron chi connectivity index (χ2n) is 11.1. The maximum atomic E-state index is 10.0. The number of allylic oxidation sites excluding steroid dienone is 3. The zero-order valence-corrected chi connectivity index (χ0v) is 18.8. The van der Waals surface area contributed by atoms with Crippen molar-refractivity contribution in [1.82, 2.24) is 0 Å². The monoisotopic (exact) mass is 388 g/mol. The Hall–Kier alpha value is -0.600. The van der Waals surface area contributed by atoms with Gasteiger partial charge in [0.05, 0.1) is 11.7 Å². The van der Waals surface area contributed by atoms with Crippen molar-refractivity contribution in [1.29, 1.82) is 0 Å². The summed E-state index contributed by atoms with van der Waals surface area (Å²) >= 11 is 0. The number of aliphatic hydroxyl groups excluding tert-OH is 1. The van der Waals surface area contributed by atoms with Crippen molar-refractivity contribution in [2.75, 3.05) is 0 Å². The molecule has 0 aromatic heterocycles. The predicted octanol–water partition coefficient (Wildman–Crippen LogP) is 6.57. The van der Waals surface area contributed by atoms with Crippen LogP contribution >= 0.6 is 0 Å². The SMILES string of the molecule is C[C@H](CCCC(C)(C)O)[C@H]1CCC2/C(=C/C=C3/CCC[C@H](O)C3)CCC[C@@]21C. The Morgan fingerprint density at radius 1 is 1.14 bits per heavy atom. The Morgan fingerprint density at radius 2 is 1.93 bits per heavy atom. The third-order valence-corrected chi connectivity index (χ3v) is 8.24. The summed E-state index contributed by atoms with van der Waals surface area (Å²) in [5.41, 5.74) is 3.08. The molecule has 2 N–H and O–H groups in total. The molecule has 0 aromatic carbocycles. The maximum absolute atomic E-state index is 10.0. The quantitative estimate of drug-likeness (QED) is 0.540. The van der Waals surface area contributed by atoms with Crippen LogP contribution in [0.1, 0.15) is 105 Å². The van der Waals surface area contributed by atoms with Crippen molar-refractivity contribution in [3.05, 3.63) is 23.3 Å². The molecule has 0 aromatic rings. The third-order valence-electron chi connectivity index (χ3n) is 8.24. The lowest BCUT2D eigenvalue weighted by atomic mass is 9.60. The normalized spacial score (nSPS) is 38.0. The minimum Gasteiger partial charge on any atom is -0.393 e. The molecule has 0 radical (unpaired) electrons. The largest absolute Gasteiger partial charge is 0.393 e. The van der Waals surface area contributed by atoms with E-state index >= 15 is 0 Å². The number of aliphatic hydroxyl groups is 2. The second kappa shape index (κ2) is 9.04. The van der Waals surface area contributed by atoms with Gasteiger partial charge in [-0.15, -0.1) is 0 Å². The van der Waals surface area contributed by atoms with E-state index in [1.54, 1.807) is 5.57 Å². The van der Waals surface area contributed by atoms with Crippen molar-refractivity contribution in [3.8, 4) is 0 Å². The Bertz CT molecular complexity index is 582. The van der Waals surface area contributed by atoms with E-state index in [1.807, 2.05) is 13.8 Å². The van der Waals surface area contributed by atoms with E-state index in [9.17, 15) is 10.2 Å². The van der Waals surface area contributed by atoms with Crippen molar-refractivity contribution >= 4 is 0 Å². The maximum Gasteiger partial charge on any atom is 0.0591 e. The lowest BCUT2D eigenvalue weighted by Crippen LogP contribution is -2.36. The molecule has 3 aliphatic carbocycles. The van der Waals surface area contributed by atoms with Crippen LogP contribution in [-0.2, 0) is 0 Å². The van der Waals surface area contributed by atoms with Crippen LogP contribution in [0.3, 0.4) is 0 Å². The summed E-state index contributed by atoms with van der Waals surface area (Å²) < 4.78 is 0. The standard InChI is InChI=1S/C26H44O2/c1-19(8-6-16-25(2,3)28)23-14-15-24-21(10-7-17-26(23,24)4)13-12-20-9-5-11-22(27)18-20/h12-13,19,22-24,27-28H,5-11,14-18H2,1-4H3/b20-12-,21-13+/t19-,22+,23-,24?,26-/m1/s1. The zero-order valence-electron chi connectivity index (χ0n) is 18.8. The highest BCUT2D eigenvalue weighted by atomic mass is 16.3. The highest BCUT2D eigenvalue weighted by Crippen LogP contribution is 2.59. The molecule has 0 spiro atoms. The van der Waals surface area contributed by atoms with Crippen LogP contribution in [0.25, 0.3) is 0 Å². The molecule has 3 rings (SSSR count). The summed E-state index contributed by atoms with van der Waals surface area (Å²) in [6.45, 7) is 8.91. The van der Waals surface area contributed by atoms with Crippen LogP contribution in [0.15, 0.2) is 23.3 Å². The molecule has 2 heteroatoms. The molecule has 3 saturated carbocycles. The van der Waals surface area contributed by atoms with E-state index in [0.29, 0.717) is 5.41 Å². The Kier molecular flexibility index (Phi) is 7.14. The van der Waals surface area contributed by atoms with Crippen molar-refractivity contribution in [2.24, 2.45) is 23.2 Å². The Labute approximate surface area is 173 Å². The second-order valence-corrected chi connectivity index (χ2v) is 11.1. The third kappa shape index (κ3) is 5.30. The summed E-state index contributed by atoms with van der Waals surface area (Å²) in [4.78, 5) is 0. The first kappa shape index (κ1) is 22.1. The average Bonchev–Trinajstić information content (AvgIpc) is 2.96. The topological polar surface area (TPSA) is 40.5 Å². The summed E-state index contributed by atoms with van der Waals surface area (Å²) in [5, 5.41) is 20.0. The van der Waals surface area contributed by atoms with Crippen molar-refractivity contribution in [2.45, 2.75) is 116 Å². The lowest BCUT2D eigenvalue weighted by molar-refractivity contribution is 0.0596. The fourth-order valence-electron chi connectivity index (χ4n) is 6.72. The molecule has 1 unspecified atom stereocenters. The van der Waals surface area contributed by atoms with Gasteiger partial charge in [0.15, 0.2) is 0 Å². The van der Waals surface area contributed by atoms with Crippen molar-refractivity contribution in [3.63, 3.8) is 0 Å². The minimum absolute atomic E-state index is 0.115. The molecule has 28 heavy (non-hydrogen) atoms. The number of rotatable bonds is 6. The summed E-state index contributed by atoms with van der Waals surface area (Å²) in [6.07, 6.45) is 18.9. The highest BCUT2D eigenvalue weighted by molar-refractivity contribution is 5.25. The fraction of sp³-hybridized carbons (Fsp3) is 0.846. The van der Waals surface area contributed by atoms with Gasteiger partial charge in [-0.1, -0.05) is 50.0 Å². The summed E-state index contributed by atoms with van der Waals surface area (Å²) in [7, 11) is 0. The summed E-state index contributed by atoms with van der Waals surface area (Å²) in [5.74, 6) is 2.34. The van der Waals surface area contributed by atoms with Gasteiger partial charge >= 0.3 is 0 Å². The van der Waals surface area contributed by atoms with Gasteiger partial charge in [-0.05, 0) is 101 Å². The van der Waals surface area contributed by atoms with Crippen molar-refractivity contribution < 1.29 is 10.2 Å². The molecule has 0 bridgehead atoms. The van der Waals surface area contributed by atoms with E-state index in [2.05, 4.69) is 26.0 Å². The van der Waals surface area contributed by atoms with Gasteiger partial charge in [-0.25, -0.2) is 0 Å². The molecule has 2 nitrogen and oxygen atoms in total. The van der Waals surface area contributed by atoms with Crippen LogP contribution < -0.4 is 0 Å². The molecule has 5 atom stereocenters. The van der Waals surface area contributed by atoms with Gasteiger partial charge in [-0.3, -0.25) is 0 Å². The van der Waals surface area contributed by atoms with Gasteiger partial charge < -0.3 is 10.2 Å². The first-order chi connectivity index (χ1) is 13.2. The molecule has 3 fully saturated rings. The number of fused-ring (bicyclic) bond motifs is 1. The fourth-order valence-corrected chi connectivity index (χ4v) is 6.72. The first-order valence-electron chi connectivity index (χ1n) is 12.0. The highest BCUT2D eigenvalue weighted by Gasteiger charge is 2.50. The minimum atomic E-state index is -0.525. The van der Waals surface area contributed by atoms with Crippen LogP contribution in [0.2, 0.25) is 0 Å². The van der Waals surface area contributed by atoms with Gasteiger partial charge in [0.2, 0.25) is 0 Å². The van der Waals surface area contributed by atoms with E-state index in [-0.39, 0.29) is 6.10 Å². The van der Waals surface area contributed by atoms with Crippen LogP contribution in [0.4, 0.5) is 0 Å². The molecule has 0 heterocycles. The van der Waals surface area contributed by atoms with Gasteiger partial charge in [0, 0.05) is 0 Å². The zero-order chi connectivity index (χ0) is 20.4. The van der Waals surface area contributed by atoms with Gasteiger partial charge in [0.1, 0.15) is 0 Å². The predicted molar refractivity (Wildman–Crippen MR) is 118 cm³/mol. The Balaban J connectivity index is 1.65. The Morgan fingerprint density at radius 3 is 2.64 bits per heavy atom. The smallest absolute Gasteiger partial charge is 0.0591 e. The van der Waals surface area contributed by atoms with Gasteiger partial charge in [0.25, 0.3) is 0 Å².